The molecule has 0 aromatic heterocycles. The molecule has 0 unspecified atom stereocenters. The van der Waals surface area contributed by atoms with E-state index >= 15 is 0 Å². The molecule has 1 N–H and O–H groups in total. The van der Waals surface area contributed by atoms with Crippen LogP contribution >= 0.6 is 11.6 Å². The van der Waals surface area contributed by atoms with Gasteiger partial charge in [0.2, 0.25) is 0 Å². The molecule has 0 heterocycles. The number of rotatable bonds is 4. The SMILES string of the molecule is O=[N+]([O-])c1cc(C(F)(F)F)c(Cl)c([N+](=O)[O-])c1Nc1cccc(C(F)(F)F)c1. The first kappa shape index (κ1) is 21.2. The van der Waals surface area contributed by atoms with E-state index in [0.29, 0.717) is 12.1 Å². The summed E-state index contributed by atoms with van der Waals surface area (Å²) < 4.78 is 77.3. The lowest BCUT2D eigenvalue weighted by atomic mass is 10.1. The van der Waals surface area contributed by atoms with Crippen LogP contribution in [0, 0.1) is 20.2 Å². The van der Waals surface area contributed by atoms with E-state index in [1.54, 1.807) is 0 Å². The molecule has 2 aromatic rings. The van der Waals surface area contributed by atoms with Crippen molar-refractivity contribution in [1.82, 2.24) is 0 Å². The van der Waals surface area contributed by atoms with Gasteiger partial charge >= 0.3 is 23.7 Å². The summed E-state index contributed by atoms with van der Waals surface area (Å²) in [7, 11) is 0. The molecule has 2 rings (SSSR count). The van der Waals surface area contributed by atoms with Crippen LogP contribution in [0.2, 0.25) is 5.02 Å². The van der Waals surface area contributed by atoms with Gasteiger partial charge in [-0.25, -0.2) is 0 Å². The topological polar surface area (TPSA) is 98.3 Å². The molecule has 0 aliphatic rings. The zero-order valence-electron chi connectivity index (χ0n) is 13.1. The molecule has 0 amide bonds. The minimum atomic E-state index is -5.25. The Balaban J connectivity index is 2.75. The van der Waals surface area contributed by atoms with Gasteiger partial charge in [-0.2, -0.15) is 26.3 Å². The smallest absolute Gasteiger partial charge is 0.344 e. The molecule has 0 saturated carbocycles. The second-order valence-corrected chi connectivity index (χ2v) is 5.57. The summed E-state index contributed by atoms with van der Waals surface area (Å²) in [6.07, 6.45) is -10.0. The number of anilines is 2. The Morgan fingerprint density at radius 1 is 0.929 bits per heavy atom. The highest BCUT2D eigenvalue weighted by Crippen LogP contribution is 2.48. The van der Waals surface area contributed by atoms with E-state index in [9.17, 15) is 46.6 Å². The molecule has 0 aliphatic carbocycles. The van der Waals surface area contributed by atoms with Crippen LogP contribution in [0.15, 0.2) is 30.3 Å². The van der Waals surface area contributed by atoms with Gasteiger partial charge < -0.3 is 5.32 Å². The quantitative estimate of drug-likeness (QED) is 0.368. The maximum Gasteiger partial charge on any atom is 0.418 e. The van der Waals surface area contributed by atoms with Gasteiger partial charge in [0.05, 0.1) is 21.0 Å². The third-order valence-electron chi connectivity index (χ3n) is 3.36. The fourth-order valence-corrected chi connectivity index (χ4v) is 2.52. The zero-order valence-corrected chi connectivity index (χ0v) is 13.8. The number of halogens is 7. The number of nitrogens with one attached hydrogen (secondary N) is 1. The van der Waals surface area contributed by atoms with Crippen molar-refractivity contribution in [2.45, 2.75) is 12.4 Å². The van der Waals surface area contributed by atoms with Crippen molar-refractivity contribution in [2.75, 3.05) is 5.32 Å². The number of benzene rings is 2. The third-order valence-corrected chi connectivity index (χ3v) is 3.74. The van der Waals surface area contributed by atoms with Crippen LogP contribution in [-0.4, -0.2) is 9.85 Å². The number of nitro benzene ring substituents is 2. The average molecular weight is 430 g/mol. The summed E-state index contributed by atoms with van der Waals surface area (Å²) in [5.41, 5.74) is -7.49. The lowest BCUT2D eigenvalue weighted by Crippen LogP contribution is -2.11. The van der Waals surface area contributed by atoms with E-state index in [4.69, 9.17) is 11.6 Å². The fraction of sp³-hybridized carbons (Fsp3) is 0.143. The van der Waals surface area contributed by atoms with E-state index < -0.39 is 61.1 Å². The fourth-order valence-electron chi connectivity index (χ4n) is 2.19. The minimum Gasteiger partial charge on any atom is -0.344 e. The van der Waals surface area contributed by atoms with Crippen molar-refractivity contribution < 1.29 is 36.2 Å². The van der Waals surface area contributed by atoms with Crippen LogP contribution < -0.4 is 5.32 Å². The Bertz CT molecular complexity index is 961. The summed E-state index contributed by atoms with van der Waals surface area (Å²) in [6, 6.07) is 2.97. The van der Waals surface area contributed by atoms with E-state index in [2.05, 4.69) is 0 Å². The largest absolute Gasteiger partial charge is 0.418 e. The maximum atomic E-state index is 13.0. The number of alkyl halides is 6. The number of nitro groups is 2. The van der Waals surface area contributed by atoms with Gasteiger partial charge in [0, 0.05) is 11.8 Å². The van der Waals surface area contributed by atoms with E-state index in [1.165, 1.54) is 0 Å². The second-order valence-electron chi connectivity index (χ2n) is 5.20. The molecule has 0 aliphatic heterocycles. The van der Waals surface area contributed by atoms with Crippen LogP contribution in [0.5, 0.6) is 0 Å². The van der Waals surface area contributed by atoms with Gasteiger partial charge in [0.25, 0.3) is 0 Å². The Morgan fingerprint density at radius 3 is 2.00 bits per heavy atom. The molecular weight excluding hydrogens is 424 g/mol. The summed E-state index contributed by atoms with van der Waals surface area (Å²) >= 11 is 5.44. The molecule has 0 saturated heterocycles. The molecule has 28 heavy (non-hydrogen) atoms. The van der Waals surface area contributed by atoms with Crippen LogP contribution in [0.25, 0.3) is 0 Å². The van der Waals surface area contributed by atoms with Gasteiger partial charge in [-0.05, 0) is 18.2 Å². The van der Waals surface area contributed by atoms with Crippen molar-refractivity contribution in [3.05, 3.63) is 66.7 Å². The highest BCUT2D eigenvalue weighted by molar-refractivity contribution is 6.34. The lowest BCUT2D eigenvalue weighted by Gasteiger charge is -2.14. The van der Waals surface area contributed by atoms with Crippen LogP contribution in [-0.2, 0) is 12.4 Å². The van der Waals surface area contributed by atoms with E-state index in [-0.39, 0.29) is 6.07 Å². The predicted octanol–water partition coefficient (Wildman–Crippen LogP) is 5.94. The van der Waals surface area contributed by atoms with Crippen molar-refractivity contribution in [3.63, 3.8) is 0 Å². The molecule has 2 aromatic carbocycles. The minimum absolute atomic E-state index is 0.0364. The Hall–Kier alpha value is -3.09. The first-order valence-electron chi connectivity index (χ1n) is 6.90. The van der Waals surface area contributed by atoms with Gasteiger partial charge in [0.15, 0.2) is 5.69 Å². The molecule has 14 heteroatoms. The molecule has 0 spiro atoms. The lowest BCUT2D eigenvalue weighted by molar-refractivity contribution is -0.392. The van der Waals surface area contributed by atoms with Gasteiger partial charge in [-0.15, -0.1) is 0 Å². The van der Waals surface area contributed by atoms with Crippen LogP contribution in [0.3, 0.4) is 0 Å². The molecule has 150 valence electrons. The van der Waals surface area contributed by atoms with E-state index in [1.807, 2.05) is 5.32 Å². The highest BCUT2D eigenvalue weighted by atomic mass is 35.5. The summed E-state index contributed by atoms with van der Waals surface area (Å²) in [5.74, 6) is 0. The summed E-state index contributed by atoms with van der Waals surface area (Å²) in [6.45, 7) is 0. The molecule has 0 radical (unpaired) electrons. The van der Waals surface area contributed by atoms with Crippen LogP contribution in [0.1, 0.15) is 11.1 Å². The number of hydrogen-bond donors (Lipinski definition) is 1. The molecule has 0 fully saturated rings. The van der Waals surface area contributed by atoms with Crippen molar-refractivity contribution >= 4 is 34.4 Å². The first-order valence-corrected chi connectivity index (χ1v) is 7.28. The Morgan fingerprint density at radius 2 is 1.54 bits per heavy atom. The van der Waals surface area contributed by atoms with Gasteiger partial charge in [-0.3, -0.25) is 20.2 Å². The average Bonchev–Trinajstić information content (AvgIpc) is 2.52. The number of nitrogens with zero attached hydrogens (tertiary/aromatic N) is 2. The van der Waals surface area contributed by atoms with Crippen molar-refractivity contribution in [2.24, 2.45) is 0 Å². The Labute approximate surface area is 155 Å². The zero-order chi connectivity index (χ0) is 21.4. The molecular formula is C14H6ClF6N3O4. The summed E-state index contributed by atoms with van der Waals surface area (Å²) in [5, 5.41) is 22.9. The summed E-state index contributed by atoms with van der Waals surface area (Å²) in [4.78, 5) is 19.6. The third kappa shape index (κ3) is 4.24. The first-order chi connectivity index (χ1) is 12.7. The molecule has 7 nitrogen and oxygen atoms in total. The van der Waals surface area contributed by atoms with Gasteiger partial charge in [-0.1, -0.05) is 17.7 Å². The monoisotopic (exact) mass is 429 g/mol. The number of hydrogen-bond acceptors (Lipinski definition) is 5. The Kier molecular flexibility index (Phi) is 5.41. The molecule has 0 bridgehead atoms. The van der Waals surface area contributed by atoms with Crippen LogP contribution in [0.4, 0.5) is 49.1 Å². The van der Waals surface area contributed by atoms with Crippen molar-refractivity contribution in [1.29, 1.82) is 0 Å². The second kappa shape index (κ2) is 7.14. The maximum absolute atomic E-state index is 13.0. The van der Waals surface area contributed by atoms with Gasteiger partial charge in [0.1, 0.15) is 5.02 Å². The predicted molar refractivity (Wildman–Crippen MR) is 84.5 cm³/mol. The van der Waals surface area contributed by atoms with E-state index in [0.717, 1.165) is 12.1 Å². The normalized spacial score (nSPS) is 12.0. The highest BCUT2D eigenvalue weighted by Gasteiger charge is 2.42. The molecule has 0 atom stereocenters. The standard InChI is InChI=1S/C14H6ClF6N3O4/c15-10-8(14(19,20)21)5-9(23(25)26)11(12(10)24(27)28)22-7-3-1-2-6(4-7)13(16,17)18/h1-5,22H. The van der Waals surface area contributed by atoms with Crippen molar-refractivity contribution in [3.8, 4) is 0 Å².